The van der Waals surface area contributed by atoms with Gasteiger partial charge in [0.15, 0.2) is 0 Å². The highest BCUT2D eigenvalue weighted by Gasteiger charge is 2.20. The van der Waals surface area contributed by atoms with E-state index < -0.39 is 0 Å². The van der Waals surface area contributed by atoms with E-state index in [1.165, 1.54) is 6.42 Å². The number of nitrogens with zero attached hydrogens (tertiary/aromatic N) is 2. The Bertz CT molecular complexity index is 435. The number of morpholine rings is 1. The first-order chi connectivity index (χ1) is 9.34. The van der Waals surface area contributed by atoms with Crippen LogP contribution in [0.25, 0.3) is 0 Å². The van der Waals surface area contributed by atoms with Crippen molar-refractivity contribution in [3.8, 4) is 0 Å². The largest absolute Gasteiger partial charge is 0.378 e. The fraction of sp³-hybridized carbons (Fsp3) is 0.571. The van der Waals surface area contributed by atoms with Gasteiger partial charge in [-0.15, -0.1) is 0 Å². The topological polar surface area (TPSA) is 54.5 Å². The van der Waals surface area contributed by atoms with Crippen molar-refractivity contribution in [1.29, 1.82) is 0 Å². The number of carbonyl (C=O) groups is 1. The summed E-state index contributed by atoms with van der Waals surface area (Å²) in [4.78, 5) is 18.5. The Morgan fingerprint density at radius 3 is 2.84 bits per heavy atom. The fourth-order valence-corrected chi connectivity index (χ4v) is 2.62. The normalized spacial score (nSPS) is 23.6. The molecule has 0 bridgehead atoms. The minimum Gasteiger partial charge on any atom is -0.378 e. The molecule has 2 saturated heterocycles. The zero-order valence-corrected chi connectivity index (χ0v) is 11.0. The first kappa shape index (κ1) is 12.6. The molecule has 3 heterocycles. The summed E-state index contributed by atoms with van der Waals surface area (Å²) in [6.45, 7) is 3.66. The minimum atomic E-state index is 0.0572. The molecule has 1 atom stereocenters. The minimum absolute atomic E-state index is 0.0572. The van der Waals surface area contributed by atoms with E-state index in [0.717, 1.165) is 18.7 Å². The summed E-state index contributed by atoms with van der Waals surface area (Å²) < 4.78 is 5.25. The quantitative estimate of drug-likeness (QED) is 0.862. The molecular formula is C14H19N3O2. The summed E-state index contributed by atoms with van der Waals surface area (Å²) in [5.41, 5.74) is 1.71. The van der Waals surface area contributed by atoms with E-state index in [4.69, 9.17) is 4.74 Å². The smallest absolute Gasteiger partial charge is 0.255 e. The Labute approximate surface area is 113 Å². The molecule has 1 amide bonds. The molecule has 1 aromatic rings. The summed E-state index contributed by atoms with van der Waals surface area (Å²) in [6, 6.07) is 4.21. The number of carbonyl (C=O) groups excluding carboxylic acids is 1. The van der Waals surface area contributed by atoms with Crippen molar-refractivity contribution in [2.24, 2.45) is 0 Å². The van der Waals surface area contributed by atoms with Gasteiger partial charge in [0.2, 0.25) is 0 Å². The lowest BCUT2D eigenvalue weighted by molar-refractivity contribution is 0.0302. The van der Waals surface area contributed by atoms with Crippen molar-refractivity contribution in [2.45, 2.75) is 18.9 Å². The number of ether oxygens (including phenoxy) is 1. The molecule has 2 fully saturated rings. The van der Waals surface area contributed by atoms with Crippen molar-refractivity contribution < 1.29 is 9.53 Å². The van der Waals surface area contributed by atoms with Gasteiger partial charge in [-0.25, -0.2) is 0 Å². The lowest BCUT2D eigenvalue weighted by Gasteiger charge is -2.26. The number of amides is 1. The lowest BCUT2D eigenvalue weighted by Crippen LogP contribution is -2.40. The second kappa shape index (κ2) is 5.67. The van der Waals surface area contributed by atoms with Crippen molar-refractivity contribution in [1.82, 2.24) is 15.2 Å². The predicted octanol–water partition coefficient (Wildman–Crippen LogP) is 0.978. The number of rotatable bonds is 2. The van der Waals surface area contributed by atoms with E-state index in [1.54, 1.807) is 6.20 Å². The number of hydrogen-bond donors (Lipinski definition) is 1. The summed E-state index contributed by atoms with van der Waals surface area (Å²) in [5, 5.41) is 3.41. The average Bonchev–Trinajstić information content (AvgIpc) is 3.02. The molecule has 0 saturated carbocycles. The highest BCUT2D eigenvalue weighted by molar-refractivity contribution is 5.94. The highest BCUT2D eigenvalue weighted by Crippen LogP contribution is 2.21. The molecule has 0 spiro atoms. The Hall–Kier alpha value is -1.46. The Morgan fingerprint density at radius 1 is 1.37 bits per heavy atom. The van der Waals surface area contributed by atoms with Crippen molar-refractivity contribution >= 4 is 5.91 Å². The van der Waals surface area contributed by atoms with Gasteiger partial charge >= 0.3 is 0 Å². The second-order valence-corrected chi connectivity index (χ2v) is 5.03. The summed E-state index contributed by atoms with van der Waals surface area (Å²) in [6.07, 6.45) is 4.03. The second-order valence-electron chi connectivity index (χ2n) is 5.03. The molecule has 3 rings (SSSR count). The molecule has 2 aliphatic heterocycles. The molecule has 5 nitrogen and oxygen atoms in total. The van der Waals surface area contributed by atoms with Crippen LogP contribution in [0.2, 0.25) is 0 Å². The maximum Gasteiger partial charge on any atom is 0.255 e. The molecule has 0 radical (unpaired) electrons. The Balaban J connectivity index is 1.69. The summed E-state index contributed by atoms with van der Waals surface area (Å²) >= 11 is 0. The monoisotopic (exact) mass is 261 g/mol. The van der Waals surface area contributed by atoms with Gasteiger partial charge in [-0.2, -0.15) is 0 Å². The van der Waals surface area contributed by atoms with E-state index in [9.17, 15) is 4.79 Å². The fourth-order valence-electron chi connectivity index (χ4n) is 2.62. The van der Waals surface area contributed by atoms with Gasteiger partial charge in [0.05, 0.1) is 24.5 Å². The zero-order valence-electron chi connectivity index (χ0n) is 11.0. The first-order valence-corrected chi connectivity index (χ1v) is 6.91. The van der Waals surface area contributed by atoms with Crippen LogP contribution in [-0.2, 0) is 4.74 Å². The SMILES string of the molecule is O=C(c1ccc([C@@H]2CCCN2)nc1)N1CCOCC1. The van der Waals surface area contributed by atoms with Crippen LogP contribution in [0.4, 0.5) is 0 Å². The standard InChI is InChI=1S/C14H19N3O2/c18-14(17-6-8-19-9-7-17)11-3-4-13(16-10-11)12-2-1-5-15-12/h3-4,10,12,15H,1-2,5-9H2/t12-/m0/s1. The summed E-state index contributed by atoms with van der Waals surface area (Å²) in [7, 11) is 0. The Morgan fingerprint density at radius 2 is 2.21 bits per heavy atom. The van der Waals surface area contributed by atoms with Gasteiger partial charge in [-0.05, 0) is 31.5 Å². The Kier molecular flexibility index (Phi) is 3.75. The third-order valence-electron chi connectivity index (χ3n) is 3.75. The van der Waals surface area contributed by atoms with Gasteiger partial charge in [0.1, 0.15) is 0 Å². The zero-order chi connectivity index (χ0) is 13.1. The number of aromatic nitrogens is 1. The van der Waals surface area contributed by atoms with Crippen molar-refractivity contribution in [3.63, 3.8) is 0 Å². The van der Waals surface area contributed by atoms with Crippen LogP contribution in [0.5, 0.6) is 0 Å². The number of pyridine rings is 1. The van der Waals surface area contributed by atoms with Crippen molar-refractivity contribution in [2.75, 3.05) is 32.8 Å². The number of nitrogens with one attached hydrogen (secondary N) is 1. The molecule has 0 unspecified atom stereocenters. The molecule has 1 N–H and O–H groups in total. The van der Waals surface area contributed by atoms with Crippen LogP contribution in [0.1, 0.15) is 34.9 Å². The average molecular weight is 261 g/mol. The van der Waals surface area contributed by atoms with Gasteiger partial charge < -0.3 is 15.0 Å². The van der Waals surface area contributed by atoms with E-state index in [1.807, 2.05) is 17.0 Å². The maximum atomic E-state index is 12.2. The van der Waals surface area contributed by atoms with Crippen LogP contribution >= 0.6 is 0 Å². The van der Waals surface area contributed by atoms with Crippen LogP contribution in [0.3, 0.4) is 0 Å². The first-order valence-electron chi connectivity index (χ1n) is 6.91. The van der Waals surface area contributed by atoms with Gasteiger partial charge in [-0.1, -0.05) is 0 Å². The summed E-state index contributed by atoms with van der Waals surface area (Å²) in [5.74, 6) is 0.0572. The lowest BCUT2D eigenvalue weighted by atomic mass is 10.1. The molecule has 0 aromatic carbocycles. The number of hydrogen-bond acceptors (Lipinski definition) is 4. The van der Waals surface area contributed by atoms with Gasteiger partial charge in [0.25, 0.3) is 5.91 Å². The molecule has 102 valence electrons. The van der Waals surface area contributed by atoms with Crippen LogP contribution in [0, 0.1) is 0 Å². The van der Waals surface area contributed by atoms with Gasteiger partial charge in [-0.3, -0.25) is 9.78 Å². The van der Waals surface area contributed by atoms with Crippen LogP contribution in [0.15, 0.2) is 18.3 Å². The third-order valence-corrected chi connectivity index (χ3v) is 3.75. The molecule has 5 heteroatoms. The predicted molar refractivity (Wildman–Crippen MR) is 70.9 cm³/mol. The van der Waals surface area contributed by atoms with E-state index in [-0.39, 0.29) is 5.91 Å². The third kappa shape index (κ3) is 2.77. The molecule has 2 aliphatic rings. The molecular weight excluding hydrogens is 242 g/mol. The van der Waals surface area contributed by atoms with Gasteiger partial charge in [0, 0.05) is 25.3 Å². The van der Waals surface area contributed by atoms with Crippen LogP contribution < -0.4 is 5.32 Å². The highest BCUT2D eigenvalue weighted by atomic mass is 16.5. The van der Waals surface area contributed by atoms with Crippen molar-refractivity contribution in [3.05, 3.63) is 29.6 Å². The maximum absolute atomic E-state index is 12.2. The molecule has 19 heavy (non-hydrogen) atoms. The van der Waals surface area contributed by atoms with E-state index >= 15 is 0 Å². The van der Waals surface area contributed by atoms with E-state index in [2.05, 4.69) is 10.3 Å². The molecule has 1 aromatic heterocycles. The molecule has 0 aliphatic carbocycles. The van der Waals surface area contributed by atoms with Crippen LogP contribution in [-0.4, -0.2) is 48.6 Å². The van der Waals surface area contributed by atoms with E-state index in [0.29, 0.717) is 37.9 Å².